The van der Waals surface area contributed by atoms with E-state index in [0.717, 1.165) is 82.8 Å². The van der Waals surface area contributed by atoms with Crippen LogP contribution in [0.15, 0.2) is 140 Å². The lowest BCUT2D eigenvalue weighted by molar-refractivity contribution is 1.12. The molecule has 4 heteroatoms. The van der Waals surface area contributed by atoms with E-state index in [4.69, 9.17) is 0 Å². The molecular formula is C57H44N4. The van der Waals surface area contributed by atoms with Crippen LogP contribution in [0.2, 0.25) is 0 Å². The summed E-state index contributed by atoms with van der Waals surface area (Å²) in [5.41, 5.74) is 21.8. The Morgan fingerprint density at radius 1 is 0.361 bits per heavy atom. The van der Waals surface area contributed by atoms with Crippen LogP contribution < -0.4 is 0 Å². The van der Waals surface area contributed by atoms with Gasteiger partial charge in [0.1, 0.15) is 11.6 Å². The number of rotatable bonds is 5. The average molecular weight is 785 g/mol. The van der Waals surface area contributed by atoms with E-state index in [2.05, 4.69) is 190 Å². The summed E-state index contributed by atoms with van der Waals surface area (Å²) in [6, 6.07) is 55.0. The smallest absolute Gasteiger partial charge is 0.104 e. The second kappa shape index (κ2) is 14.3. The third-order valence-electron chi connectivity index (χ3n) is 12.5. The van der Waals surface area contributed by atoms with Gasteiger partial charge >= 0.3 is 0 Å². The van der Waals surface area contributed by atoms with Crippen LogP contribution >= 0.6 is 0 Å². The first-order chi connectivity index (χ1) is 29.5. The van der Waals surface area contributed by atoms with Crippen molar-refractivity contribution in [3.05, 3.63) is 190 Å². The highest BCUT2D eigenvalue weighted by atomic mass is 15.0. The molecule has 0 fully saturated rings. The molecule has 0 aliphatic heterocycles. The highest BCUT2D eigenvalue weighted by molar-refractivity contribution is 6.12. The van der Waals surface area contributed by atoms with Crippen molar-refractivity contribution in [2.24, 2.45) is 0 Å². The molecule has 0 atom stereocenters. The highest BCUT2D eigenvalue weighted by Gasteiger charge is 2.24. The second-order valence-electron chi connectivity index (χ2n) is 16.9. The van der Waals surface area contributed by atoms with Crippen molar-refractivity contribution in [3.63, 3.8) is 0 Å². The van der Waals surface area contributed by atoms with E-state index >= 15 is 0 Å². The fourth-order valence-corrected chi connectivity index (χ4v) is 10.3. The molecule has 0 aliphatic rings. The van der Waals surface area contributed by atoms with Crippen molar-refractivity contribution in [2.45, 2.75) is 48.5 Å². The molecule has 10 rings (SSSR count). The fraction of sp³-hybridized carbons (Fsp3) is 0.123. The monoisotopic (exact) mass is 784 g/mol. The van der Waals surface area contributed by atoms with Gasteiger partial charge in [-0.15, -0.1) is 0 Å². The fourth-order valence-electron chi connectivity index (χ4n) is 10.3. The summed E-state index contributed by atoms with van der Waals surface area (Å²) < 4.78 is 4.58. The summed E-state index contributed by atoms with van der Waals surface area (Å²) in [6.07, 6.45) is 0. The van der Waals surface area contributed by atoms with Crippen LogP contribution in [0.3, 0.4) is 0 Å². The molecule has 0 aliphatic carbocycles. The number of aromatic nitrogens is 2. The highest BCUT2D eigenvalue weighted by Crippen LogP contribution is 2.43. The predicted molar refractivity (Wildman–Crippen MR) is 254 cm³/mol. The first-order valence-electron chi connectivity index (χ1n) is 20.9. The molecule has 61 heavy (non-hydrogen) atoms. The zero-order valence-corrected chi connectivity index (χ0v) is 35.6. The van der Waals surface area contributed by atoms with E-state index in [0.29, 0.717) is 11.1 Å². The molecule has 0 amide bonds. The van der Waals surface area contributed by atoms with Gasteiger partial charge in [0.25, 0.3) is 0 Å². The number of fused-ring (bicyclic) bond motifs is 6. The summed E-state index contributed by atoms with van der Waals surface area (Å²) in [5, 5.41) is 26.2. The maximum Gasteiger partial charge on any atom is 0.104 e. The summed E-state index contributed by atoms with van der Waals surface area (Å²) in [5.74, 6) is 0. The van der Waals surface area contributed by atoms with Crippen molar-refractivity contribution in [1.82, 2.24) is 9.13 Å². The predicted octanol–water partition coefficient (Wildman–Crippen LogP) is 14.8. The van der Waals surface area contributed by atoms with Gasteiger partial charge in [-0.25, -0.2) is 0 Å². The number of hydrogen-bond acceptors (Lipinski definition) is 2. The van der Waals surface area contributed by atoms with Crippen LogP contribution in [-0.2, 0) is 0 Å². The molecule has 2 aromatic heterocycles. The van der Waals surface area contributed by atoms with E-state index in [-0.39, 0.29) is 0 Å². The molecule has 0 unspecified atom stereocenters. The molecule has 0 N–H and O–H groups in total. The van der Waals surface area contributed by atoms with Gasteiger partial charge in [0.2, 0.25) is 0 Å². The minimum Gasteiger partial charge on any atom is -0.308 e. The molecule has 8 aromatic carbocycles. The maximum absolute atomic E-state index is 11.6. The van der Waals surface area contributed by atoms with Crippen LogP contribution in [0.1, 0.15) is 50.1 Å². The van der Waals surface area contributed by atoms with Gasteiger partial charge in [0.05, 0.1) is 45.1 Å². The topological polar surface area (TPSA) is 57.4 Å². The zero-order valence-electron chi connectivity index (χ0n) is 35.6. The first kappa shape index (κ1) is 37.6. The number of aryl methyl sites for hydroxylation is 7. The Morgan fingerprint density at radius 3 is 1.21 bits per heavy atom. The van der Waals surface area contributed by atoms with Crippen molar-refractivity contribution in [1.29, 1.82) is 10.5 Å². The lowest BCUT2D eigenvalue weighted by Crippen LogP contribution is -2.05. The van der Waals surface area contributed by atoms with Crippen molar-refractivity contribution >= 4 is 43.6 Å². The Hall–Kier alpha value is -7.66. The average Bonchev–Trinajstić information content (AvgIpc) is 3.74. The third-order valence-corrected chi connectivity index (χ3v) is 12.5. The van der Waals surface area contributed by atoms with Crippen LogP contribution in [0.25, 0.3) is 88.4 Å². The Bertz CT molecular complexity index is 3330. The Labute approximate surface area is 356 Å². The van der Waals surface area contributed by atoms with Gasteiger partial charge in [-0.2, -0.15) is 10.5 Å². The maximum atomic E-state index is 11.6. The number of benzene rings is 8. The molecule has 0 saturated heterocycles. The standard InChI is InChI=1S/C57H44N4/c1-33-20-36(4)56(37(5)21-33)41-16-18-47-45-12-8-10-14-50(45)60(52(47)27-41)54-29-44(43-25-35(3)24-40(26-43)31-58)30-55(49(54)32-59)61-51-15-11-9-13-46(51)48-19-17-42(28-53(48)61)57-38(6)22-34(2)23-39(57)7/h8-30H,1-7H3. The first-order valence-corrected chi connectivity index (χ1v) is 20.9. The van der Waals surface area contributed by atoms with Crippen LogP contribution in [0.4, 0.5) is 0 Å². The molecule has 0 saturated carbocycles. The molecule has 0 spiro atoms. The normalized spacial score (nSPS) is 11.5. The van der Waals surface area contributed by atoms with Gasteiger partial charge in [-0.05, 0) is 158 Å². The molecule has 10 aromatic rings. The summed E-state index contributed by atoms with van der Waals surface area (Å²) in [7, 11) is 0. The van der Waals surface area contributed by atoms with Crippen molar-refractivity contribution in [2.75, 3.05) is 0 Å². The van der Waals surface area contributed by atoms with Gasteiger partial charge < -0.3 is 9.13 Å². The minimum atomic E-state index is 0.559. The van der Waals surface area contributed by atoms with Crippen LogP contribution in [0.5, 0.6) is 0 Å². The van der Waals surface area contributed by atoms with Gasteiger partial charge in [-0.3, -0.25) is 0 Å². The lowest BCUT2D eigenvalue weighted by Gasteiger charge is -2.19. The van der Waals surface area contributed by atoms with Gasteiger partial charge in [0, 0.05) is 21.5 Å². The Balaban J connectivity index is 1.35. The zero-order chi connectivity index (χ0) is 42.3. The van der Waals surface area contributed by atoms with E-state index in [1.807, 2.05) is 19.1 Å². The van der Waals surface area contributed by atoms with E-state index < -0.39 is 0 Å². The Morgan fingerprint density at radius 2 is 0.770 bits per heavy atom. The van der Waals surface area contributed by atoms with E-state index in [1.165, 1.54) is 44.5 Å². The van der Waals surface area contributed by atoms with Crippen LogP contribution in [0, 0.1) is 71.1 Å². The van der Waals surface area contributed by atoms with E-state index in [1.54, 1.807) is 0 Å². The number of hydrogen-bond donors (Lipinski definition) is 0. The minimum absolute atomic E-state index is 0.559. The van der Waals surface area contributed by atoms with Gasteiger partial charge in [0.15, 0.2) is 0 Å². The molecule has 0 bridgehead atoms. The second-order valence-corrected chi connectivity index (χ2v) is 16.9. The Kier molecular flexibility index (Phi) is 8.79. The van der Waals surface area contributed by atoms with Gasteiger partial charge in [-0.1, -0.05) is 102 Å². The summed E-state index contributed by atoms with van der Waals surface area (Å²) >= 11 is 0. The lowest BCUT2D eigenvalue weighted by atomic mass is 9.93. The largest absolute Gasteiger partial charge is 0.308 e. The number of para-hydroxylation sites is 2. The molecule has 4 nitrogen and oxygen atoms in total. The molecule has 0 radical (unpaired) electrons. The quantitative estimate of drug-likeness (QED) is 0.174. The van der Waals surface area contributed by atoms with E-state index in [9.17, 15) is 10.5 Å². The van der Waals surface area contributed by atoms with Crippen molar-refractivity contribution < 1.29 is 0 Å². The third kappa shape index (κ3) is 6.03. The van der Waals surface area contributed by atoms with Crippen LogP contribution in [-0.4, -0.2) is 9.13 Å². The SMILES string of the molecule is Cc1cc(C#N)cc(-c2cc(-n3c4ccccc4c4ccc(-c5c(C)cc(C)cc5C)cc43)c(C#N)c(-n3c4ccccc4c4ccc(-c5c(C)cc(C)cc5C)cc43)c2)c1. The number of nitrogens with zero attached hydrogens (tertiary/aromatic N) is 4. The molecular weight excluding hydrogens is 741 g/mol. The molecule has 292 valence electrons. The number of nitriles is 2. The van der Waals surface area contributed by atoms with Crippen molar-refractivity contribution in [3.8, 4) is 56.9 Å². The molecule has 2 heterocycles. The summed E-state index contributed by atoms with van der Waals surface area (Å²) in [4.78, 5) is 0. The summed E-state index contributed by atoms with van der Waals surface area (Å²) in [6.45, 7) is 15.1.